The fourth-order valence-corrected chi connectivity index (χ4v) is 1.58. The van der Waals surface area contributed by atoms with Gasteiger partial charge in [-0.2, -0.15) is 5.26 Å². The second-order valence-corrected chi connectivity index (χ2v) is 3.26. The molecule has 1 aromatic rings. The molecule has 0 bridgehead atoms. The summed E-state index contributed by atoms with van der Waals surface area (Å²) in [5.41, 5.74) is 8.40. The molecule has 0 aromatic heterocycles. The zero-order chi connectivity index (χ0) is 9.42. The van der Waals surface area contributed by atoms with Crippen molar-refractivity contribution >= 4 is 0 Å². The number of aryl methyl sites for hydroxylation is 1. The van der Waals surface area contributed by atoms with Gasteiger partial charge in [-0.15, -0.1) is 0 Å². The quantitative estimate of drug-likeness (QED) is 0.644. The van der Waals surface area contributed by atoms with E-state index in [2.05, 4.69) is 6.07 Å². The summed E-state index contributed by atoms with van der Waals surface area (Å²) in [6, 6.07) is 5.82. The van der Waals surface area contributed by atoms with E-state index in [0.717, 1.165) is 11.1 Å². The van der Waals surface area contributed by atoms with Gasteiger partial charge in [-0.05, 0) is 18.6 Å². The van der Waals surface area contributed by atoms with Crippen LogP contribution in [-0.4, -0.2) is 6.61 Å². The van der Waals surface area contributed by atoms with Crippen LogP contribution in [0.25, 0.3) is 0 Å². The van der Waals surface area contributed by atoms with Gasteiger partial charge in [0.2, 0.25) is 0 Å². The molecule has 0 radical (unpaired) electrons. The average molecular weight is 174 g/mol. The summed E-state index contributed by atoms with van der Waals surface area (Å²) in [5, 5.41) is 8.84. The number of hydrogen-bond donors (Lipinski definition) is 1. The summed E-state index contributed by atoms with van der Waals surface area (Å²) in [7, 11) is 0. The van der Waals surface area contributed by atoms with E-state index in [0.29, 0.717) is 17.9 Å². The molecule has 1 heterocycles. The van der Waals surface area contributed by atoms with Gasteiger partial charge in [-0.1, -0.05) is 6.07 Å². The molecule has 0 saturated carbocycles. The third-order valence-corrected chi connectivity index (χ3v) is 2.19. The lowest BCUT2D eigenvalue weighted by molar-refractivity contribution is 0.332. The Morgan fingerprint density at radius 1 is 1.62 bits per heavy atom. The van der Waals surface area contributed by atoms with E-state index in [1.165, 1.54) is 0 Å². The van der Waals surface area contributed by atoms with Gasteiger partial charge < -0.3 is 10.5 Å². The Kier molecular flexibility index (Phi) is 1.71. The number of hydrogen-bond acceptors (Lipinski definition) is 3. The van der Waals surface area contributed by atoms with Crippen molar-refractivity contribution in [2.75, 3.05) is 6.61 Å². The smallest absolute Gasteiger partial charge is 0.142 e. The van der Waals surface area contributed by atoms with Crippen LogP contribution in [0.2, 0.25) is 0 Å². The lowest BCUT2D eigenvalue weighted by atomic mass is 10.0. The minimum Gasteiger partial charge on any atom is -0.490 e. The number of benzene rings is 1. The number of nitrogens with two attached hydrogens (primary N) is 1. The molecular weight excluding hydrogens is 164 g/mol. The van der Waals surface area contributed by atoms with E-state index < -0.39 is 0 Å². The summed E-state index contributed by atoms with van der Waals surface area (Å²) in [4.78, 5) is 0. The van der Waals surface area contributed by atoms with E-state index in [1.54, 1.807) is 0 Å². The van der Waals surface area contributed by atoms with Crippen molar-refractivity contribution < 1.29 is 4.74 Å². The highest BCUT2D eigenvalue weighted by Gasteiger charge is 2.23. The average Bonchev–Trinajstić information content (AvgIpc) is 2.47. The van der Waals surface area contributed by atoms with Crippen LogP contribution in [0.15, 0.2) is 12.1 Å². The summed E-state index contributed by atoms with van der Waals surface area (Å²) < 4.78 is 5.34. The minimum absolute atomic E-state index is 0.0815. The van der Waals surface area contributed by atoms with Crippen molar-refractivity contribution in [2.45, 2.75) is 13.0 Å². The van der Waals surface area contributed by atoms with Gasteiger partial charge in [-0.25, -0.2) is 0 Å². The Morgan fingerprint density at radius 2 is 2.38 bits per heavy atom. The zero-order valence-corrected chi connectivity index (χ0v) is 7.37. The molecule has 0 unspecified atom stereocenters. The summed E-state index contributed by atoms with van der Waals surface area (Å²) in [6.45, 7) is 2.43. The number of nitrogens with zero attached hydrogens (tertiary/aromatic N) is 1. The number of ether oxygens (including phenoxy) is 1. The highest BCUT2D eigenvalue weighted by Crippen LogP contribution is 2.34. The standard InChI is InChI=1S/C10H10N2O/c1-6-2-7(4-11)10-8(3-6)9(12)5-13-10/h2-3,9H,5,12H2,1H3/t9-/m0/s1. The first-order valence-electron chi connectivity index (χ1n) is 4.15. The van der Waals surface area contributed by atoms with E-state index in [9.17, 15) is 0 Å². The molecule has 0 spiro atoms. The molecule has 66 valence electrons. The first-order valence-corrected chi connectivity index (χ1v) is 4.15. The van der Waals surface area contributed by atoms with Crippen LogP contribution in [-0.2, 0) is 0 Å². The molecule has 0 amide bonds. The fourth-order valence-electron chi connectivity index (χ4n) is 1.58. The molecule has 1 atom stereocenters. The highest BCUT2D eigenvalue weighted by atomic mass is 16.5. The molecule has 3 nitrogen and oxygen atoms in total. The van der Waals surface area contributed by atoms with Crippen LogP contribution in [0.5, 0.6) is 5.75 Å². The first-order chi connectivity index (χ1) is 6.22. The maximum Gasteiger partial charge on any atom is 0.142 e. The van der Waals surface area contributed by atoms with Gasteiger partial charge >= 0.3 is 0 Å². The van der Waals surface area contributed by atoms with E-state index in [1.807, 2.05) is 19.1 Å². The van der Waals surface area contributed by atoms with Gasteiger partial charge in [0.25, 0.3) is 0 Å². The largest absolute Gasteiger partial charge is 0.490 e. The van der Waals surface area contributed by atoms with Gasteiger partial charge in [0, 0.05) is 5.56 Å². The van der Waals surface area contributed by atoms with Crippen molar-refractivity contribution in [1.82, 2.24) is 0 Å². The Hall–Kier alpha value is -1.53. The third-order valence-electron chi connectivity index (χ3n) is 2.19. The minimum atomic E-state index is -0.0815. The van der Waals surface area contributed by atoms with Crippen LogP contribution >= 0.6 is 0 Å². The molecule has 1 aliphatic heterocycles. The fraction of sp³-hybridized carbons (Fsp3) is 0.300. The number of fused-ring (bicyclic) bond motifs is 1. The van der Waals surface area contributed by atoms with Crippen molar-refractivity contribution in [3.63, 3.8) is 0 Å². The monoisotopic (exact) mass is 174 g/mol. The highest BCUT2D eigenvalue weighted by molar-refractivity contribution is 5.53. The molecule has 13 heavy (non-hydrogen) atoms. The molecule has 1 aliphatic rings. The molecule has 2 N–H and O–H groups in total. The molecule has 0 aliphatic carbocycles. The SMILES string of the molecule is Cc1cc(C#N)c2c(c1)[C@@H](N)CO2. The van der Waals surface area contributed by atoms with Crippen LogP contribution in [0.4, 0.5) is 0 Å². The number of rotatable bonds is 0. The van der Waals surface area contributed by atoms with Gasteiger partial charge in [-0.3, -0.25) is 0 Å². The third kappa shape index (κ3) is 1.16. The second kappa shape index (κ2) is 2.75. The summed E-state index contributed by atoms with van der Waals surface area (Å²) in [5.74, 6) is 0.667. The van der Waals surface area contributed by atoms with Gasteiger partial charge in [0.1, 0.15) is 18.4 Å². The Balaban J connectivity index is 2.65. The molecule has 1 aromatic carbocycles. The number of nitriles is 1. The van der Waals surface area contributed by atoms with Gasteiger partial charge in [0.15, 0.2) is 0 Å². The predicted molar refractivity (Wildman–Crippen MR) is 48.3 cm³/mol. The molecule has 2 rings (SSSR count). The van der Waals surface area contributed by atoms with E-state index >= 15 is 0 Å². The molecule has 3 heteroatoms. The predicted octanol–water partition coefficient (Wildman–Crippen LogP) is 1.26. The topological polar surface area (TPSA) is 59.0 Å². The van der Waals surface area contributed by atoms with Crippen LogP contribution < -0.4 is 10.5 Å². The molecular formula is C10H10N2O. The molecule has 0 saturated heterocycles. The van der Waals surface area contributed by atoms with E-state index in [4.69, 9.17) is 15.7 Å². The lowest BCUT2D eigenvalue weighted by Crippen LogP contribution is -2.10. The van der Waals surface area contributed by atoms with Crippen LogP contribution in [0.1, 0.15) is 22.7 Å². The maximum absolute atomic E-state index is 8.84. The van der Waals surface area contributed by atoms with Crippen molar-refractivity contribution in [3.8, 4) is 11.8 Å². The van der Waals surface area contributed by atoms with Crippen molar-refractivity contribution in [1.29, 1.82) is 5.26 Å². The lowest BCUT2D eigenvalue weighted by Gasteiger charge is -2.03. The Labute approximate surface area is 76.7 Å². The van der Waals surface area contributed by atoms with Crippen LogP contribution in [0, 0.1) is 18.3 Å². The van der Waals surface area contributed by atoms with Crippen molar-refractivity contribution in [3.05, 3.63) is 28.8 Å². The first kappa shape index (κ1) is 8.09. The Bertz CT molecular complexity index is 393. The van der Waals surface area contributed by atoms with Crippen LogP contribution in [0.3, 0.4) is 0 Å². The Morgan fingerprint density at radius 3 is 3.08 bits per heavy atom. The summed E-state index contributed by atoms with van der Waals surface area (Å²) >= 11 is 0. The molecule has 0 fully saturated rings. The summed E-state index contributed by atoms with van der Waals surface area (Å²) in [6.07, 6.45) is 0. The normalized spacial score (nSPS) is 19.0. The maximum atomic E-state index is 8.84. The van der Waals surface area contributed by atoms with E-state index in [-0.39, 0.29) is 6.04 Å². The second-order valence-electron chi connectivity index (χ2n) is 3.26. The van der Waals surface area contributed by atoms with Crippen molar-refractivity contribution in [2.24, 2.45) is 5.73 Å². The zero-order valence-electron chi connectivity index (χ0n) is 7.37. The van der Waals surface area contributed by atoms with Gasteiger partial charge in [0.05, 0.1) is 11.6 Å².